The first-order valence-electron chi connectivity index (χ1n) is 6.59. The second-order valence-corrected chi connectivity index (χ2v) is 5.63. The summed E-state index contributed by atoms with van der Waals surface area (Å²) in [7, 11) is 0. The van der Waals surface area contributed by atoms with Crippen molar-refractivity contribution in [2.75, 3.05) is 5.32 Å². The molecule has 0 heterocycles. The van der Waals surface area contributed by atoms with Crippen molar-refractivity contribution in [3.8, 4) is 0 Å². The second kappa shape index (κ2) is 5.07. The van der Waals surface area contributed by atoms with Crippen LogP contribution in [0.15, 0.2) is 18.2 Å². The number of rotatable bonds is 2. The monoisotopic (exact) mass is 235 g/mol. The summed E-state index contributed by atoms with van der Waals surface area (Å²) < 4.78 is 13.7. The lowest BCUT2D eigenvalue weighted by Gasteiger charge is -2.33. The number of nitrogens with one attached hydrogen (secondary N) is 1. The summed E-state index contributed by atoms with van der Waals surface area (Å²) in [4.78, 5) is 0. The number of hydrogen-bond acceptors (Lipinski definition) is 1. The van der Waals surface area contributed by atoms with Crippen molar-refractivity contribution in [3.05, 3.63) is 29.6 Å². The molecule has 0 amide bonds. The zero-order chi connectivity index (χ0) is 12.4. The van der Waals surface area contributed by atoms with Gasteiger partial charge in [0.25, 0.3) is 0 Å². The van der Waals surface area contributed by atoms with Crippen molar-refractivity contribution in [3.63, 3.8) is 0 Å². The minimum absolute atomic E-state index is 0.129. The van der Waals surface area contributed by atoms with E-state index in [0.717, 1.165) is 17.9 Å². The van der Waals surface area contributed by atoms with E-state index < -0.39 is 0 Å². The zero-order valence-electron chi connectivity index (χ0n) is 11.0. The van der Waals surface area contributed by atoms with Gasteiger partial charge in [-0.05, 0) is 55.7 Å². The summed E-state index contributed by atoms with van der Waals surface area (Å²) in [6, 6.07) is 5.83. The molecule has 0 saturated heterocycles. The Balaban J connectivity index is 2.05. The van der Waals surface area contributed by atoms with Gasteiger partial charge >= 0.3 is 0 Å². The summed E-state index contributed by atoms with van der Waals surface area (Å²) in [6.45, 7) is 6.48. The Hall–Kier alpha value is -1.05. The van der Waals surface area contributed by atoms with E-state index in [1.54, 1.807) is 6.07 Å². The van der Waals surface area contributed by atoms with Gasteiger partial charge in [-0.2, -0.15) is 0 Å². The Morgan fingerprint density at radius 3 is 2.65 bits per heavy atom. The molecule has 3 atom stereocenters. The van der Waals surface area contributed by atoms with Crippen molar-refractivity contribution in [2.45, 2.75) is 46.1 Å². The van der Waals surface area contributed by atoms with Crippen LogP contribution in [0.2, 0.25) is 0 Å². The summed E-state index contributed by atoms with van der Waals surface area (Å²) in [5.74, 6) is 1.31. The highest BCUT2D eigenvalue weighted by Crippen LogP contribution is 2.31. The van der Waals surface area contributed by atoms with Crippen LogP contribution in [0.3, 0.4) is 0 Å². The van der Waals surface area contributed by atoms with E-state index in [1.807, 2.05) is 19.1 Å². The molecule has 2 heteroatoms. The number of halogens is 1. The summed E-state index contributed by atoms with van der Waals surface area (Å²) in [6.07, 6.45) is 3.64. The Labute approximate surface area is 103 Å². The Morgan fingerprint density at radius 1 is 1.24 bits per heavy atom. The molecule has 17 heavy (non-hydrogen) atoms. The highest BCUT2D eigenvalue weighted by Gasteiger charge is 2.25. The molecule has 1 fully saturated rings. The lowest BCUT2D eigenvalue weighted by molar-refractivity contribution is 0.276. The van der Waals surface area contributed by atoms with Crippen LogP contribution in [0, 0.1) is 24.6 Å². The Kier molecular flexibility index (Phi) is 3.70. The van der Waals surface area contributed by atoms with Crippen LogP contribution in [0.4, 0.5) is 10.1 Å². The van der Waals surface area contributed by atoms with Gasteiger partial charge in [-0.25, -0.2) is 4.39 Å². The van der Waals surface area contributed by atoms with Gasteiger partial charge in [-0.15, -0.1) is 0 Å². The molecule has 1 aliphatic carbocycles. The first kappa shape index (κ1) is 12.4. The summed E-state index contributed by atoms with van der Waals surface area (Å²) in [5, 5.41) is 3.37. The smallest absolute Gasteiger partial charge is 0.146 e. The molecule has 1 saturated carbocycles. The van der Waals surface area contributed by atoms with E-state index in [0.29, 0.717) is 17.6 Å². The maximum Gasteiger partial charge on any atom is 0.146 e. The van der Waals surface area contributed by atoms with Gasteiger partial charge in [-0.1, -0.05) is 19.9 Å². The quantitative estimate of drug-likeness (QED) is 0.802. The predicted molar refractivity (Wildman–Crippen MR) is 70.7 cm³/mol. The fourth-order valence-corrected chi connectivity index (χ4v) is 2.82. The summed E-state index contributed by atoms with van der Waals surface area (Å²) >= 11 is 0. The minimum atomic E-state index is -0.129. The largest absolute Gasteiger partial charge is 0.380 e. The lowest BCUT2D eigenvalue weighted by atomic mass is 9.80. The van der Waals surface area contributed by atoms with E-state index in [1.165, 1.54) is 12.8 Å². The van der Waals surface area contributed by atoms with Crippen LogP contribution < -0.4 is 5.32 Å². The lowest BCUT2D eigenvalue weighted by Crippen LogP contribution is -2.33. The molecule has 0 spiro atoms. The van der Waals surface area contributed by atoms with E-state index >= 15 is 0 Å². The normalized spacial score (nSPS) is 29.1. The van der Waals surface area contributed by atoms with Crippen molar-refractivity contribution in [1.29, 1.82) is 0 Å². The van der Waals surface area contributed by atoms with Crippen LogP contribution in [-0.2, 0) is 0 Å². The van der Waals surface area contributed by atoms with Crippen molar-refractivity contribution >= 4 is 5.69 Å². The highest BCUT2D eigenvalue weighted by atomic mass is 19.1. The fraction of sp³-hybridized carbons (Fsp3) is 0.600. The topological polar surface area (TPSA) is 12.0 Å². The number of anilines is 1. The molecule has 0 aromatic heterocycles. The highest BCUT2D eigenvalue weighted by molar-refractivity contribution is 5.47. The van der Waals surface area contributed by atoms with Crippen LogP contribution in [0.1, 0.15) is 38.7 Å². The molecule has 94 valence electrons. The van der Waals surface area contributed by atoms with E-state index in [-0.39, 0.29) is 5.82 Å². The molecule has 1 aliphatic rings. The van der Waals surface area contributed by atoms with Crippen LogP contribution in [0.25, 0.3) is 0 Å². The Morgan fingerprint density at radius 2 is 2.00 bits per heavy atom. The van der Waals surface area contributed by atoms with Gasteiger partial charge < -0.3 is 5.32 Å². The standard InChI is InChI=1S/C15H22FN/c1-10-4-6-14(12(3)8-10)17-15-7-5-11(2)9-13(15)16/h5,7,9-10,12,14,17H,4,6,8H2,1-3H3. The van der Waals surface area contributed by atoms with Gasteiger partial charge in [0.2, 0.25) is 0 Å². The van der Waals surface area contributed by atoms with E-state index in [9.17, 15) is 4.39 Å². The van der Waals surface area contributed by atoms with Crippen molar-refractivity contribution in [2.24, 2.45) is 11.8 Å². The third-order valence-corrected chi connectivity index (χ3v) is 3.90. The molecular weight excluding hydrogens is 213 g/mol. The van der Waals surface area contributed by atoms with E-state index in [4.69, 9.17) is 0 Å². The molecule has 3 unspecified atom stereocenters. The summed E-state index contributed by atoms with van der Waals surface area (Å²) in [5.41, 5.74) is 1.63. The first-order valence-corrected chi connectivity index (χ1v) is 6.59. The zero-order valence-corrected chi connectivity index (χ0v) is 11.0. The maximum absolute atomic E-state index is 13.7. The third-order valence-electron chi connectivity index (χ3n) is 3.90. The van der Waals surface area contributed by atoms with Crippen LogP contribution in [0.5, 0.6) is 0 Å². The van der Waals surface area contributed by atoms with Crippen LogP contribution in [-0.4, -0.2) is 6.04 Å². The molecule has 0 bridgehead atoms. The second-order valence-electron chi connectivity index (χ2n) is 5.63. The van der Waals surface area contributed by atoms with Crippen LogP contribution >= 0.6 is 0 Å². The number of hydrogen-bond donors (Lipinski definition) is 1. The minimum Gasteiger partial charge on any atom is -0.380 e. The SMILES string of the molecule is Cc1ccc(NC2CCC(C)CC2C)c(F)c1. The van der Waals surface area contributed by atoms with Gasteiger partial charge in [0.05, 0.1) is 5.69 Å². The van der Waals surface area contributed by atoms with Crippen molar-refractivity contribution in [1.82, 2.24) is 0 Å². The first-order chi connectivity index (χ1) is 8.06. The fourth-order valence-electron chi connectivity index (χ4n) is 2.82. The average Bonchev–Trinajstić information content (AvgIpc) is 2.25. The Bertz CT molecular complexity index is 389. The van der Waals surface area contributed by atoms with Crippen molar-refractivity contribution < 1.29 is 4.39 Å². The van der Waals surface area contributed by atoms with Gasteiger partial charge in [-0.3, -0.25) is 0 Å². The predicted octanol–water partition coefficient (Wildman–Crippen LogP) is 4.37. The number of aryl methyl sites for hydroxylation is 1. The van der Waals surface area contributed by atoms with Gasteiger partial charge in [0.15, 0.2) is 0 Å². The molecule has 0 radical (unpaired) electrons. The van der Waals surface area contributed by atoms with E-state index in [2.05, 4.69) is 19.2 Å². The van der Waals surface area contributed by atoms with Gasteiger partial charge in [0, 0.05) is 6.04 Å². The maximum atomic E-state index is 13.7. The molecule has 1 N–H and O–H groups in total. The molecule has 1 nitrogen and oxygen atoms in total. The average molecular weight is 235 g/mol. The third kappa shape index (κ3) is 2.99. The number of benzene rings is 1. The van der Waals surface area contributed by atoms with Gasteiger partial charge in [0.1, 0.15) is 5.82 Å². The molecular formula is C15H22FN. The molecule has 0 aliphatic heterocycles. The molecule has 2 rings (SSSR count). The molecule has 1 aromatic carbocycles. The molecule has 1 aromatic rings.